The number of carbonyl (C=O) groups is 1. The number of rotatable bonds is 4. The van der Waals surface area contributed by atoms with Crippen LogP contribution in [0.1, 0.15) is 26.5 Å². The van der Waals surface area contributed by atoms with Crippen molar-refractivity contribution in [1.29, 1.82) is 0 Å². The van der Waals surface area contributed by atoms with E-state index in [1.54, 1.807) is 32.9 Å². The second-order valence-electron chi connectivity index (χ2n) is 5.54. The van der Waals surface area contributed by atoms with Gasteiger partial charge in [0.1, 0.15) is 15.4 Å². The highest BCUT2D eigenvalue weighted by atomic mass is 32.2. The van der Waals surface area contributed by atoms with Crippen molar-refractivity contribution in [3.05, 3.63) is 24.0 Å². The first-order chi connectivity index (χ1) is 9.05. The van der Waals surface area contributed by atoms with Crippen LogP contribution in [0.4, 0.5) is 10.5 Å². The van der Waals surface area contributed by atoms with E-state index in [-0.39, 0.29) is 5.75 Å². The molecule has 0 atom stereocenters. The largest absolute Gasteiger partial charge is 0.444 e. The zero-order valence-electron chi connectivity index (χ0n) is 12.1. The number of hydrogen-bond acceptors (Lipinski definition) is 5. The van der Waals surface area contributed by atoms with Gasteiger partial charge in [0.25, 0.3) is 0 Å². The van der Waals surface area contributed by atoms with Crippen LogP contribution in [0.25, 0.3) is 0 Å². The first-order valence-corrected chi connectivity index (χ1v) is 8.24. The molecule has 0 aliphatic carbocycles. The van der Waals surface area contributed by atoms with Gasteiger partial charge in [-0.3, -0.25) is 10.3 Å². The number of anilines is 1. The highest BCUT2D eigenvalue weighted by Crippen LogP contribution is 2.11. The third kappa shape index (κ3) is 7.08. The molecule has 0 spiro atoms. The molecule has 0 aliphatic rings. The van der Waals surface area contributed by atoms with Crippen molar-refractivity contribution in [2.45, 2.75) is 32.8 Å². The molecule has 0 saturated carbocycles. The highest BCUT2D eigenvalue weighted by molar-refractivity contribution is 7.90. The Bertz CT molecular complexity index is 559. The summed E-state index contributed by atoms with van der Waals surface area (Å²) in [6.07, 6.45) is 2.46. The van der Waals surface area contributed by atoms with Gasteiger partial charge in [-0.1, -0.05) is 0 Å². The van der Waals surface area contributed by atoms with Crippen LogP contribution in [0.2, 0.25) is 0 Å². The van der Waals surface area contributed by atoms with Crippen LogP contribution in [0.5, 0.6) is 0 Å². The number of nitrogens with zero attached hydrogens (tertiary/aromatic N) is 1. The second-order valence-corrected chi connectivity index (χ2v) is 7.80. The number of amides is 1. The fraction of sp³-hybridized carbons (Fsp3) is 0.538. The molecule has 1 rings (SSSR count). The molecule has 0 unspecified atom stereocenters. The molecule has 1 aromatic heterocycles. The molecule has 0 fully saturated rings. The lowest BCUT2D eigenvalue weighted by Gasteiger charge is -2.19. The Morgan fingerprint density at radius 1 is 1.35 bits per heavy atom. The zero-order chi connectivity index (χ0) is 15.4. The maximum absolute atomic E-state index is 11.5. The predicted octanol–water partition coefficient (Wildman–Crippen LogP) is 2.02. The predicted molar refractivity (Wildman–Crippen MR) is 77.5 cm³/mol. The molecule has 0 saturated heterocycles. The standard InChI is InChI=1S/C13H20N2O4S/c1-13(2,3)19-12(16)15-11-6-5-10(14-9-11)7-8-20(4,17)18/h5-6,9H,7-8H2,1-4H3,(H,15,16). The number of aryl methyl sites for hydroxylation is 1. The summed E-state index contributed by atoms with van der Waals surface area (Å²) in [6, 6.07) is 3.34. The molecule has 1 aromatic rings. The Balaban J connectivity index is 2.57. The van der Waals surface area contributed by atoms with Crippen molar-refractivity contribution in [1.82, 2.24) is 4.98 Å². The minimum Gasteiger partial charge on any atom is -0.444 e. The number of ether oxygens (including phenoxy) is 1. The van der Waals surface area contributed by atoms with Crippen molar-refractivity contribution in [2.24, 2.45) is 0 Å². The number of pyridine rings is 1. The maximum atomic E-state index is 11.5. The molecule has 7 heteroatoms. The molecule has 20 heavy (non-hydrogen) atoms. The van der Waals surface area contributed by atoms with Gasteiger partial charge in [0.05, 0.1) is 17.6 Å². The van der Waals surface area contributed by atoms with Crippen LogP contribution in [0, 0.1) is 0 Å². The molecule has 0 bridgehead atoms. The lowest BCUT2D eigenvalue weighted by molar-refractivity contribution is 0.0636. The van der Waals surface area contributed by atoms with Crippen molar-refractivity contribution >= 4 is 21.6 Å². The van der Waals surface area contributed by atoms with Crippen LogP contribution < -0.4 is 5.32 Å². The van der Waals surface area contributed by atoms with E-state index in [2.05, 4.69) is 10.3 Å². The van der Waals surface area contributed by atoms with E-state index in [0.29, 0.717) is 17.8 Å². The monoisotopic (exact) mass is 300 g/mol. The van der Waals surface area contributed by atoms with E-state index in [1.165, 1.54) is 12.5 Å². The van der Waals surface area contributed by atoms with Gasteiger partial charge in [-0.25, -0.2) is 13.2 Å². The summed E-state index contributed by atoms with van der Waals surface area (Å²) < 4.78 is 27.2. The lowest BCUT2D eigenvalue weighted by Crippen LogP contribution is -2.27. The maximum Gasteiger partial charge on any atom is 0.412 e. The smallest absolute Gasteiger partial charge is 0.412 e. The second kappa shape index (κ2) is 6.21. The first kappa shape index (κ1) is 16.4. The highest BCUT2D eigenvalue weighted by Gasteiger charge is 2.16. The van der Waals surface area contributed by atoms with E-state index in [4.69, 9.17) is 4.74 Å². The number of hydrogen-bond donors (Lipinski definition) is 1. The minimum absolute atomic E-state index is 0.0544. The van der Waals surface area contributed by atoms with Gasteiger partial charge in [-0.05, 0) is 32.9 Å². The fourth-order valence-corrected chi connectivity index (χ4v) is 1.94. The summed E-state index contributed by atoms with van der Waals surface area (Å²) in [7, 11) is -3.00. The van der Waals surface area contributed by atoms with Crippen molar-refractivity contribution in [2.75, 3.05) is 17.3 Å². The Morgan fingerprint density at radius 3 is 2.45 bits per heavy atom. The van der Waals surface area contributed by atoms with Crippen molar-refractivity contribution in [3.63, 3.8) is 0 Å². The van der Waals surface area contributed by atoms with Gasteiger partial charge in [0.15, 0.2) is 0 Å². The summed E-state index contributed by atoms with van der Waals surface area (Å²) >= 11 is 0. The molecule has 0 radical (unpaired) electrons. The number of sulfone groups is 1. The molecule has 6 nitrogen and oxygen atoms in total. The molecule has 1 amide bonds. The van der Waals surface area contributed by atoms with E-state index in [1.807, 2.05) is 0 Å². The van der Waals surface area contributed by atoms with E-state index >= 15 is 0 Å². The Kier molecular flexibility index (Phi) is 5.10. The minimum atomic E-state index is -3.00. The van der Waals surface area contributed by atoms with E-state index < -0.39 is 21.5 Å². The van der Waals surface area contributed by atoms with Gasteiger partial charge >= 0.3 is 6.09 Å². The zero-order valence-corrected chi connectivity index (χ0v) is 13.0. The average Bonchev–Trinajstić information content (AvgIpc) is 2.24. The molecule has 0 aromatic carbocycles. The Hall–Kier alpha value is -1.63. The average molecular weight is 300 g/mol. The number of carbonyl (C=O) groups excluding carboxylic acids is 1. The summed E-state index contributed by atoms with van der Waals surface area (Å²) in [5.74, 6) is 0.0544. The van der Waals surface area contributed by atoms with Crippen LogP contribution in [0.15, 0.2) is 18.3 Å². The van der Waals surface area contributed by atoms with Gasteiger partial charge in [0, 0.05) is 18.4 Å². The Morgan fingerprint density at radius 2 is 2.00 bits per heavy atom. The summed E-state index contributed by atoms with van der Waals surface area (Å²) in [6.45, 7) is 5.33. The SMILES string of the molecule is CC(C)(C)OC(=O)Nc1ccc(CCS(C)(=O)=O)nc1. The molecular formula is C13H20N2O4S. The van der Waals surface area contributed by atoms with Gasteiger partial charge < -0.3 is 4.74 Å². The summed E-state index contributed by atoms with van der Waals surface area (Å²) in [5, 5.41) is 2.56. The third-order valence-electron chi connectivity index (χ3n) is 2.20. The van der Waals surface area contributed by atoms with Crippen LogP contribution >= 0.6 is 0 Å². The summed E-state index contributed by atoms with van der Waals surface area (Å²) in [5.41, 5.74) is 0.597. The molecular weight excluding hydrogens is 280 g/mol. The topological polar surface area (TPSA) is 85.4 Å². The van der Waals surface area contributed by atoms with Gasteiger partial charge in [0.2, 0.25) is 0 Å². The van der Waals surface area contributed by atoms with E-state index in [0.717, 1.165) is 0 Å². The van der Waals surface area contributed by atoms with Crippen molar-refractivity contribution < 1.29 is 17.9 Å². The Labute approximate surface area is 119 Å². The molecule has 0 aliphatic heterocycles. The van der Waals surface area contributed by atoms with Crippen LogP contribution in [0.3, 0.4) is 0 Å². The normalized spacial score (nSPS) is 12.0. The fourth-order valence-electron chi connectivity index (χ4n) is 1.36. The van der Waals surface area contributed by atoms with Gasteiger partial charge in [-0.2, -0.15) is 0 Å². The molecule has 112 valence electrons. The van der Waals surface area contributed by atoms with Gasteiger partial charge in [-0.15, -0.1) is 0 Å². The van der Waals surface area contributed by atoms with Crippen molar-refractivity contribution in [3.8, 4) is 0 Å². The van der Waals surface area contributed by atoms with Crippen LogP contribution in [-0.2, 0) is 21.0 Å². The first-order valence-electron chi connectivity index (χ1n) is 6.18. The number of aromatic nitrogens is 1. The summed E-state index contributed by atoms with van der Waals surface area (Å²) in [4.78, 5) is 15.6. The van der Waals surface area contributed by atoms with E-state index in [9.17, 15) is 13.2 Å². The number of nitrogens with one attached hydrogen (secondary N) is 1. The molecule has 1 N–H and O–H groups in total. The molecule has 1 heterocycles. The lowest BCUT2D eigenvalue weighted by atomic mass is 10.2. The quantitative estimate of drug-likeness (QED) is 0.919. The van der Waals surface area contributed by atoms with Crippen LogP contribution in [-0.4, -0.2) is 37.1 Å². The third-order valence-corrected chi connectivity index (χ3v) is 3.14.